The molecule has 1 unspecified atom stereocenters. The van der Waals surface area contributed by atoms with E-state index in [1.54, 1.807) is 42.2 Å². The first-order valence-corrected chi connectivity index (χ1v) is 12.7. The molecule has 4 rings (SSSR count). The van der Waals surface area contributed by atoms with Crippen molar-refractivity contribution in [2.45, 2.75) is 26.4 Å². The van der Waals surface area contributed by atoms with Crippen LogP contribution in [0.25, 0.3) is 0 Å². The molecule has 0 aromatic heterocycles. The van der Waals surface area contributed by atoms with Gasteiger partial charge >= 0.3 is 5.97 Å². The lowest BCUT2D eigenvalue weighted by Gasteiger charge is -2.29. The highest BCUT2D eigenvalue weighted by Gasteiger charge is 2.26. The largest absolute Gasteiger partial charge is 0.492 e. The molecule has 1 amide bonds. The van der Waals surface area contributed by atoms with Crippen molar-refractivity contribution in [1.29, 1.82) is 0 Å². The molecule has 0 fully saturated rings. The standard InChI is InChI=1S/C30H31NO7/c1-3-35-27(30(34)36-4-2)18-21-10-13-24(14-11-21)37-17-16-31-25-15-12-23(19-26(25)38-20-28(31)32)29(33)22-8-6-5-7-9-22/h5-15,19,27H,3-4,16-18,20H2,1-2H3. The van der Waals surface area contributed by atoms with Gasteiger partial charge in [0.2, 0.25) is 0 Å². The predicted octanol–water partition coefficient (Wildman–Crippen LogP) is 4.23. The van der Waals surface area contributed by atoms with E-state index in [9.17, 15) is 14.4 Å². The van der Waals surface area contributed by atoms with Crippen LogP contribution in [0.15, 0.2) is 72.8 Å². The zero-order valence-corrected chi connectivity index (χ0v) is 21.6. The van der Waals surface area contributed by atoms with Crippen LogP contribution in [0.1, 0.15) is 35.3 Å². The van der Waals surface area contributed by atoms with Crippen molar-refractivity contribution < 1.29 is 33.3 Å². The van der Waals surface area contributed by atoms with E-state index in [1.165, 1.54) is 0 Å². The van der Waals surface area contributed by atoms with Crippen LogP contribution >= 0.6 is 0 Å². The van der Waals surface area contributed by atoms with Crippen molar-refractivity contribution in [1.82, 2.24) is 0 Å². The molecule has 38 heavy (non-hydrogen) atoms. The number of hydrogen-bond donors (Lipinski definition) is 0. The van der Waals surface area contributed by atoms with Gasteiger partial charge in [-0.3, -0.25) is 9.59 Å². The molecule has 1 aliphatic heterocycles. The summed E-state index contributed by atoms with van der Waals surface area (Å²) in [6.07, 6.45) is -0.247. The molecule has 1 heterocycles. The van der Waals surface area contributed by atoms with E-state index < -0.39 is 6.10 Å². The van der Waals surface area contributed by atoms with Gasteiger partial charge in [0, 0.05) is 24.2 Å². The number of benzene rings is 3. The Labute approximate surface area is 222 Å². The highest BCUT2D eigenvalue weighted by molar-refractivity contribution is 6.10. The maximum absolute atomic E-state index is 12.8. The van der Waals surface area contributed by atoms with Crippen molar-refractivity contribution in [2.24, 2.45) is 0 Å². The molecule has 0 aliphatic carbocycles. The maximum atomic E-state index is 12.8. The first-order chi connectivity index (χ1) is 18.5. The first-order valence-electron chi connectivity index (χ1n) is 12.7. The summed E-state index contributed by atoms with van der Waals surface area (Å²) in [4.78, 5) is 39.1. The molecule has 3 aromatic carbocycles. The summed E-state index contributed by atoms with van der Waals surface area (Å²) in [5.41, 5.74) is 2.60. The van der Waals surface area contributed by atoms with Gasteiger partial charge in [-0.2, -0.15) is 0 Å². The number of fused-ring (bicyclic) bond motifs is 1. The topological polar surface area (TPSA) is 91.4 Å². The van der Waals surface area contributed by atoms with Gasteiger partial charge in [0.15, 0.2) is 18.5 Å². The highest BCUT2D eigenvalue weighted by Crippen LogP contribution is 2.33. The van der Waals surface area contributed by atoms with Crippen molar-refractivity contribution >= 4 is 23.3 Å². The average Bonchev–Trinajstić information content (AvgIpc) is 2.94. The Balaban J connectivity index is 1.36. The van der Waals surface area contributed by atoms with E-state index in [1.807, 2.05) is 49.4 Å². The van der Waals surface area contributed by atoms with Crippen LogP contribution in [-0.4, -0.2) is 56.7 Å². The van der Waals surface area contributed by atoms with Crippen molar-refractivity contribution in [3.63, 3.8) is 0 Å². The number of nitrogens with zero attached hydrogens (tertiary/aromatic N) is 1. The van der Waals surface area contributed by atoms with Gasteiger partial charge in [0.25, 0.3) is 5.91 Å². The normalized spacial score (nSPS) is 13.3. The number of ketones is 1. The first kappa shape index (κ1) is 26.9. The van der Waals surface area contributed by atoms with Crippen LogP contribution in [0.3, 0.4) is 0 Å². The van der Waals surface area contributed by atoms with Gasteiger partial charge in [-0.15, -0.1) is 0 Å². The smallest absolute Gasteiger partial charge is 0.335 e. The molecule has 0 radical (unpaired) electrons. The SMILES string of the molecule is CCOC(=O)C(Cc1ccc(OCCN2C(=O)COc3cc(C(=O)c4ccccc4)ccc32)cc1)OCC. The predicted molar refractivity (Wildman–Crippen MR) is 142 cm³/mol. The zero-order chi connectivity index (χ0) is 26.9. The fraction of sp³-hybridized carbons (Fsp3) is 0.300. The molecule has 0 saturated carbocycles. The van der Waals surface area contributed by atoms with Gasteiger partial charge in [-0.25, -0.2) is 4.79 Å². The Morgan fingerprint density at radius 1 is 0.947 bits per heavy atom. The van der Waals surface area contributed by atoms with E-state index in [0.717, 1.165) is 5.56 Å². The number of hydrogen-bond acceptors (Lipinski definition) is 7. The van der Waals surface area contributed by atoms with Crippen LogP contribution < -0.4 is 14.4 Å². The summed E-state index contributed by atoms with van der Waals surface area (Å²) in [6, 6.07) is 21.5. The average molecular weight is 518 g/mol. The monoisotopic (exact) mass is 517 g/mol. The fourth-order valence-electron chi connectivity index (χ4n) is 4.18. The van der Waals surface area contributed by atoms with Crippen LogP contribution in [0, 0.1) is 0 Å². The van der Waals surface area contributed by atoms with E-state index in [4.69, 9.17) is 18.9 Å². The minimum absolute atomic E-state index is 0.105. The summed E-state index contributed by atoms with van der Waals surface area (Å²) in [5, 5.41) is 0. The number of amides is 1. The lowest BCUT2D eigenvalue weighted by Crippen LogP contribution is -2.41. The lowest BCUT2D eigenvalue weighted by molar-refractivity contribution is -0.156. The van der Waals surface area contributed by atoms with Gasteiger partial charge in [0.05, 0.1) is 18.8 Å². The van der Waals surface area contributed by atoms with E-state index in [0.29, 0.717) is 54.5 Å². The Morgan fingerprint density at radius 2 is 1.71 bits per heavy atom. The van der Waals surface area contributed by atoms with E-state index in [-0.39, 0.29) is 30.9 Å². The van der Waals surface area contributed by atoms with E-state index in [2.05, 4.69) is 0 Å². The van der Waals surface area contributed by atoms with Gasteiger partial charge in [-0.05, 0) is 49.7 Å². The third kappa shape index (κ3) is 6.58. The van der Waals surface area contributed by atoms with Crippen molar-refractivity contribution in [3.05, 3.63) is 89.5 Å². The van der Waals surface area contributed by atoms with Gasteiger partial charge in [0.1, 0.15) is 18.1 Å². The highest BCUT2D eigenvalue weighted by atomic mass is 16.6. The second-order valence-electron chi connectivity index (χ2n) is 8.60. The van der Waals surface area contributed by atoms with Gasteiger partial charge in [-0.1, -0.05) is 42.5 Å². The summed E-state index contributed by atoms with van der Waals surface area (Å²) >= 11 is 0. The number of carbonyl (C=O) groups is 3. The molecular weight excluding hydrogens is 486 g/mol. The number of esters is 1. The molecule has 198 valence electrons. The Bertz CT molecular complexity index is 1260. The maximum Gasteiger partial charge on any atom is 0.335 e. The molecule has 8 nitrogen and oxygen atoms in total. The van der Waals surface area contributed by atoms with Crippen LogP contribution in [0.2, 0.25) is 0 Å². The Morgan fingerprint density at radius 3 is 2.42 bits per heavy atom. The molecule has 0 saturated heterocycles. The number of anilines is 1. The second-order valence-corrected chi connectivity index (χ2v) is 8.60. The molecule has 0 N–H and O–H groups in total. The zero-order valence-electron chi connectivity index (χ0n) is 21.6. The van der Waals surface area contributed by atoms with Crippen LogP contribution in [0.5, 0.6) is 11.5 Å². The summed E-state index contributed by atoms with van der Waals surface area (Å²) < 4.78 is 22.1. The molecule has 1 aliphatic rings. The summed E-state index contributed by atoms with van der Waals surface area (Å²) in [6.45, 7) is 4.80. The Kier molecular flexibility index (Phi) is 9.11. The minimum Gasteiger partial charge on any atom is -0.492 e. The fourth-order valence-corrected chi connectivity index (χ4v) is 4.18. The second kappa shape index (κ2) is 12.9. The Hall–Kier alpha value is -4.17. The molecule has 8 heteroatoms. The van der Waals surface area contributed by atoms with Crippen molar-refractivity contribution in [2.75, 3.05) is 37.9 Å². The quantitative estimate of drug-likeness (QED) is 0.262. The van der Waals surface area contributed by atoms with E-state index >= 15 is 0 Å². The molecule has 0 bridgehead atoms. The van der Waals surface area contributed by atoms with Crippen molar-refractivity contribution in [3.8, 4) is 11.5 Å². The summed E-state index contributed by atoms with van der Waals surface area (Å²) in [5.74, 6) is 0.465. The number of rotatable bonds is 12. The lowest BCUT2D eigenvalue weighted by atomic mass is 10.0. The van der Waals surface area contributed by atoms with Gasteiger partial charge < -0.3 is 23.8 Å². The number of ether oxygens (including phenoxy) is 4. The minimum atomic E-state index is -0.650. The van der Waals surface area contributed by atoms with Crippen LogP contribution in [0.4, 0.5) is 5.69 Å². The third-order valence-corrected chi connectivity index (χ3v) is 6.05. The number of carbonyl (C=O) groups excluding carboxylic acids is 3. The third-order valence-electron chi connectivity index (χ3n) is 6.05. The van der Waals surface area contributed by atoms with Crippen LogP contribution in [-0.2, 0) is 25.5 Å². The molecule has 1 atom stereocenters. The molecule has 0 spiro atoms. The molecule has 3 aromatic rings. The summed E-state index contributed by atoms with van der Waals surface area (Å²) in [7, 11) is 0. The molecular formula is C30H31NO7.